The van der Waals surface area contributed by atoms with Crippen molar-refractivity contribution in [3.63, 3.8) is 0 Å². The van der Waals surface area contributed by atoms with Gasteiger partial charge in [0.2, 0.25) is 0 Å². The zero-order chi connectivity index (χ0) is 23.6. The van der Waals surface area contributed by atoms with Crippen LogP contribution in [0.15, 0.2) is 54.6 Å². The summed E-state index contributed by atoms with van der Waals surface area (Å²) in [7, 11) is 0. The molecule has 0 radical (unpaired) electrons. The van der Waals surface area contributed by atoms with Crippen LogP contribution in [-0.2, 0) is 27.2 Å². The number of benzene rings is 2. The summed E-state index contributed by atoms with van der Waals surface area (Å²) in [6.45, 7) is 0.740. The molecule has 2 rings (SSSR count). The number of rotatable bonds is 9. The largest absolute Gasteiger partial charge is 0.508 e. The highest BCUT2D eigenvalue weighted by Gasteiger charge is 2.12. The Labute approximate surface area is 180 Å². The predicted octanol–water partition coefficient (Wildman–Crippen LogP) is 1.86. The average Bonchev–Trinajstić information content (AvgIpc) is 2.73. The number of hydrogen-bond acceptors (Lipinski definition) is 6. The molecule has 0 aliphatic rings. The minimum atomic E-state index is -1.17. The monoisotopic (exact) mass is 434 g/mol. The van der Waals surface area contributed by atoms with Crippen molar-refractivity contribution in [3.8, 4) is 5.75 Å². The summed E-state index contributed by atoms with van der Waals surface area (Å²) in [5, 5.41) is 33.6. The van der Waals surface area contributed by atoms with Crippen molar-refractivity contribution in [3.05, 3.63) is 65.7 Å². The molecule has 0 heterocycles. The summed E-state index contributed by atoms with van der Waals surface area (Å²) < 4.78 is 0. The number of phenols is 1. The molecular weight excluding hydrogens is 404 g/mol. The molecule has 0 aliphatic heterocycles. The summed E-state index contributed by atoms with van der Waals surface area (Å²) in [5.41, 5.74) is 12.6. The lowest BCUT2D eigenvalue weighted by Gasteiger charge is -2.01. The number of aliphatic carboxylic acids is 3. The van der Waals surface area contributed by atoms with E-state index >= 15 is 0 Å². The molecule has 31 heavy (non-hydrogen) atoms. The molecule has 2 aromatic carbocycles. The fourth-order valence-electron chi connectivity index (χ4n) is 2.13. The number of hydrogen-bond donors (Lipinski definition) is 6. The smallest absolute Gasteiger partial charge is 0.320 e. The van der Waals surface area contributed by atoms with Gasteiger partial charge in [-0.05, 0) is 49.1 Å². The molecule has 1 atom stereocenters. The summed E-state index contributed by atoms with van der Waals surface area (Å²) in [6, 6.07) is 15.7. The molecule has 0 amide bonds. The van der Waals surface area contributed by atoms with Crippen LogP contribution in [-0.4, -0.2) is 50.9 Å². The van der Waals surface area contributed by atoms with Crippen molar-refractivity contribution in [2.75, 3.05) is 6.54 Å². The van der Waals surface area contributed by atoms with E-state index in [0.29, 0.717) is 6.42 Å². The maximum absolute atomic E-state index is 10.2. The Balaban J connectivity index is 0.000000441. The second-order valence-corrected chi connectivity index (χ2v) is 6.46. The highest BCUT2D eigenvalue weighted by atomic mass is 16.4. The number of carboxylic acids is 3. The number of aryl methyl sites for hydroxylation is 1. The first-order valence-electron chi connectivity index (χ1n) is 9.59. The van der Waals surface area contributed by atoms with Gasteiger partial charge in [-0.1, -0.05) is 42.5 Å². The zero-order valence-electron chi connectivity index (χ0n) is 17.2. The van der Waals surface area contributed by atoms with Gasteiger partial charge in [0.1, 0.15) is 11.8 Å². The maximum atomic E-state index is 10.2. The van der Waals surface area contributed by atoms with Crippen LogP contribution < -0.4 is 11.5 Å². The number of carboxylic acid groups (broad SMARTS) is 3. The Morgan fingerprint density at radius 1 is 0.774 bits per heavy atom. The van der Waals surface area contributed by atoms with Crippen LogP contribution in [0.5, 0.6) is 5.75 Å². The Hall–Kier alpha value is -3.43. The second-order valence-electron chi connectivity index (χ2n) is 6.46. The van der Waals surface area contributed by atoms with E-state index < -0.39 is 23.9 Å². The first kappa shape index (κ1) is 27.6. The van der Waals surface area contributed by atoms with Gasteiger partial charge in [-0.3, -0.25) is 14.4 Å². The third-order valence-electron chi connectivity index (χ3n) is 3.83. The Morgan fingerprint density at radius 2 is 1.29 bits per heavy atom. The highest BCUT2D eigenvalue weighted by molar-refractivity contribution is 5.74. The molecular formula is C22H30N2O7. The van der Waals surface area contributed by atoms with Crippen molar-refractivity contribution >= 4 is 17.9 Å². The van der Waals surface area contributed by atoms with Crippen LogP contribution in [0, 0.1) is 0 Å². The van der Waals surface area contributed by atoms with Crippen molar-refractivity contribution < 1.29 is 34.8 Å². The van der Waals surface area contributed by atoms with E-state index in [1.807, 2.05) is 18.2 Å². The minimum Gasteiger partial charge on any atom is -0.508 e. The second kappa shape index (κ2) is 16.4. The first-order valence-corrected chi connectivity index (χ1v) is 9.59. The normalized spacial score (nSPS) is 10.5. The lowest BCUT2D eigenvalue weighted by molar-refractivity contribution is -0.140. The first-order chi connectivity index (χ1) is 14.6. The van der Waals surface area contributed by atoms with E-state index in [9.17, 15) is 14.4 Å². The zero-order valence-corrected chi connectivity index (χ0v) is 17.2. The number of phenolic OH excluding ortho intramolecular Hbond substituents is 1. The van der Waals surface area contributed by atoms with E-state index in [2.05, 4.69) is 12.1 Å². The summed E-state index contributed by atoms with van der Waals surface area (Å²) in [6.07, 6.45) is 1.40. The number of carbonyl (C=O) groups is 3. The molecule has 0 fully saturated rings. The van der Waals surface area contributed by atoms with Crippen LogP contribution in [0.2, 0.25) is 0 Å². The molecule has 0 aromatic heterocycles. The van der Waals surface area contributed by atoms with Gasteiger partial charge in [0.15, 0.2) is 0 Å². The van der Waals surface area contributed by atoms with E-state index in [1.165, 1.54) is 5.56 Å². The Morgan fingerprint density at radius 3 is 1.74 bits per heavy atom. The van der Waals surface area contributed by atoms with Crippen molar-refractivity contribution in [1.82, 2.24) is 0 Å². The predicted molar refractivity (Wildman–Crippen MR) is 116 cm³/mol. The van der Waals surface area contributed by atoms with Crippen LogP contribution in [0.25, 0.3) is 0 Å². The topological polar surface area (TPSA) is 184 Å². The summed E-state index contributed by atoms with van der Waals surface area (Å²) in [5.74, 6) is -2.80. The Bertz CT molecular complexity index is 780. The van der Waals surface area contributed by atoms with Gasteiger partial charge < -0.3 is 31.9 Å². The van der Waals surface area contributed by atoms with Gasteiger partial charge in [0.25, 0.3) is 0 Å². The highest BCUT2D eigenvalue weighted by Crippen LogP contribution is 2.10. The molecule has 0 spiro atoms. The molecule has 0 aliphatic carbocycles. The molecule has 0 saturated heterocycles. The third-order valence-corrected chi connectivity index (χ3v) is 3.83. The number of nitrogens with two attached hydrogens (primary N) is 2. The van der Waals surface area contributed by atoms with E-state index in [0.717, 1.165) is 18.5 Å². The molecule has 0 saturated carbocycles. The van der Waals surface area contributed by atoms with Gasteiger partial charge in [-0.25, -0.2) is 0 Å². The molecule has 9 heteroatoms. The van der Waals surface area contributed by atoms with E-state index in [-0.39, 0.29) is 25.0 Å². The fourth-order valence-corrected chi connectivity index (χ4v) is 2.13. The lowest BCUT2D eigenvalue weighted by atomic mass is 10.1. The number of aromatic hydroxyl groups is 1. The minimum absolute atomic E-state index is 0.0231. The summed E-state index contributed by atoms with van der Waals surface area (Å²) in [4.78, 5) is 30.1. The van der Waals surface area contributed by atoms with Crippen LogP contribution in [0.4, 0.5) is 0 Å². The molecule has 170 valence electrons. The van der Waals surface area contributed by atoms with Crippen molar-refractivity contribution in [2.24, 2.45) is 11.5 Å². The third kappa shape index (κ3) is 16.1. The fraction of sp³-hybridized carbons (Fsp3) is 0.318. The van der Waals surface area contributed by atoms with Crippen LogP contribution >= 0.6 is 0 Å². The lowest BCUT2D eigenvalue weighted by Crippen LogP contribution is -2.30. The molecule has 9 nitrogen and oxygen atoms in total. The van der Waals surface area contributed by atoms with E-state index in [4.69, 9.17) is 31.9 Å². The van der Waals surface area contributed by atoms with E-state index in [1.54, 1.807) is 24.3 Å². The van der Waals surface area contributed by atoms with Gasteiger partial charge in [0.05, 0.1) is 0 Å². The average molecular weight is 434 g/mol. The standard InChI is InChI=1S/C9H10O3.C8H11N.C5H9NO4/c10-8-4-1-7(2-5-8)3-6-9(11)12;9-7-6-8-4-2-1-3-5-8;6-3(5(9)10)1-2-4(7)8/h1-2,4-5,10H,3,6H2,(H,11,12);1-5H,6-7,9H2;3H,1-2,6H2,(H,7,8)(H,9,10)/t;;3-/m..1/s1. The summed E-state index contributed by atoms with van der Waals surface area (Å²) >= 11 is 0. The van der Waals surface area contributed by atoms with Crippen LogP contribution in [0.3, 0.4) is 0 Å². The Kier molecular flexibility index (Phi) is 14.6. The SMILES string of the molecule is NCCc1ccccc1.N[C@H](CCC(=O)O)C(=O)O.O=C(O)CCc1ccc(O)cc1. The van der Waals surface area contributed by atoms with Crippen molar-refractivity contribution in [1.29, 1.82) is 0 Å². The van der Waals surface area contributed by atoms with Gasteiger partial charge in [-0.2, -0.15) is 0 Å². The maximum Gasteiger partial charge on any atom is 0.320 e. The molecule has 2 aromatic rings. The quantitative estimate of drug-likeness (QED) is 0.343. The molecule has 0 bridgehead atoms. The molecule has 0 unspecified atom stereocenters. The van der Waals surface area contributed by atoms with Gasteiger partial charge >= 0.3 is 17.9 Å². The van der Waals surface area contributed by atoms with Gasteiger partial charge in [-0.15, -0.1) is 0 Å². The van der Waals surface area contributed by atoms with Gasteiger partial charge in [0, 0.05) is 12.8 Å². The van der Waals surface area contributed by atoms with Crippen molar-refractivity contribution in [2.45, 2.75) is 38.1 Å². The van der Waals surface area contributed by atoms with Crippen LogP contribution in [0.1, 0.15) is 30.4 Å². The molecule has 8 N–H and O–H groups in total.